The van der Waals surface area contributed by atoms with E-state index >= 15 is 0 Å². The Hall–Kier alpha value is -1.81. The SMILES string of the molecule is CNC(C)c1coc(-c2cccc(O)c2)n1. The summed E-state index contributed by atoms with van der Waals surface area (Å²) in [6, 6.07) is 6.99. The summed E-state index contributed by atoms with van der Waals surface area (Å²) in [5.74, 6) is 0.729. The summed E-state index contributed by atoms with van der Waals surface area (Å²) in [6.07, 6.45) is 1.63. The van der Waals surface area contributed by atoms with Crippen LogP contribution in [0.1, 0.15) is 18.7 Å². The summed E-state index contributed by atoms with van der Waals surface area (Å²) in [4.78, 5) is 4.35. The normalized spacial score (nSPS) is 12.6. The van der Waals surface area contributed by atoms with Crippen molar-refractivity contribution in [2.45, 2.75) is 13.0 Å². The van der Waals surface area contributed by atoms with Gasteiger partial charge in [0.15, 0.2) is 0 Å². The molecule has 2 N–H and O–H groups in total. The van der Waals surface area contributed by atoms with Crippen LogP contribution in [-0.4, -0.2) is 17.1 Å². The second-order valence-corrected chi connectivity index (χ2v) is 3.64. The molecule has 1 aromatic heterocycles. The lowest BCUT2D eigenvalue weighted by Crippen LogP contribution is -2.12. The highest BCUT2D eigenvalue weighted by Gasteiger charge is 2.11. The summed E-state index contributed by atoms with van der Waals surface area (Å²) in [6.45, 7) is 2.00. The highest BCUT2D eigenvalue weighted by molar-refractivity contribution is 5.55. The van der Waals surface area contributed by atoms with Gasteiger partial charge in [0.1, 0.15) is 12.0 Å². The fraction of sp³-hybridized carbons (Fsp3) is 0.250. The third-order valence-corrected chi connectivity index (χ3v) is 2.49. The second kappa shape index (κ2) is 4.37. The van der Waals surface area contributed by atoms with Crippen LogP contribution in [0.4, 0.5) is 0 Å². The van der Waals surface area contributed by atoms with E-state index in [1.165, 1.54) is 0 Å². The van der Waals surface area contributed by atoms with Crippen molar-refractivity contribution in [3.63, 3.8) is 0 Å². The molecule has 0 aliphatic carbocycles. The van der Waals surface area contributed by atoms with E-state index in [0.717, 1.165) is 11.3 Å². The lowest BCUT2D eigenvalue weighted by molar-refractivity contribution is 0.475. The Balaban J connectivity index is 2.31. The predicted octanol–water partition coefficient (Wildman–Crippen LogP) is 2.33. The molecule has 1 unspecified atom stereocenters. The van der Waals surface area contributed by atoms with Crippen LogP contribution in [-0.2, 0) is 0 Å². The minimum absolute atomic E-state index is 0.148. The van der Waals surface area contributed by atoms with Crippen LogP contribution in [0, 0.1) is 0 Å². The number of rotatable bonds is 3. The van der Waals surface area contributed by atoms with E-state index in [1.807, 2.05) is 20.0 Å². The Morgan fingerprint density at radius 1 is 1.44 bits per heavy atom. The summed E-state index contributed by atoms with van der Waals surface area (Å²) >= 11 is 0. The molecule has 0 saturated carbocycles. The topological polar surface area (TPSA) is 58.3 Å². The minimum atomic E-state index is 0.148. The molecule has 1 aromatic carbocycles. The van der Waals surface area contributed by atoms with E-state index in [-0.39, 0.29) is 11.8 Å². The molecule has 4 nitrogen and oxygen atoms in total. The van der Waals surface area contributed by atoms with Crippen LogP contribution in [0.3, 0.4) is 0 Å². The average molecular weight is 218 g/mol. The van der Waals surface area contributed by atoms with Gasteiger partial charge in [-0.25, -0.2) is 4.98 Å². The Bertz CT molecular complexity index is 479. The van der Waals surface area contributed by atoms with Gasteiger partial charge in [-0.1, -0.05) is 6.07 Å². The van der Waals surface area contributed by atoms with Crippen LogP contribution in [0.25, 0.3) is 11.5 Å². The molecule has 4 heteroatoms. The lowest BCUT2D eigenvalue weighted by atomic mass is 10.2. The molecule has 0 aliphatic heterocycles. The van der Waals surface area contributed by atoms with E-state index in [1.54, 1.807) is 24.5 Å². The first kappa shape index (κ1) is 10.7. The third-order valence-electron chi connectivity index (χ3n) is 2.49. The van der Waals surface area contributed by atoms with Gasteiger partial charge in [-0.2, -0.15) is 0 Å². The smallest absolute Gasteiger partial charge is 0.226 e. The summed E-state index contributed by atoms with van der Waals surface area (Å²) < 4.78 is 5.37. The molecule has 16 heavy (non-hydrogen) atoms. The molecule has 1 heterocycles. The van der Waals surface area contributed by atoms with E-state index in [4.69, 9.17) is 4.42 Å². The molecule has 0 fully saturated rings. The molecule has 2 rings (SSSR count). The second-order valence-electron chi connectivity index (χ2n) is 3.64. The van der Waals surface area contributed by atoms with Gasteiger partial charge in [0.2, 0.25) is 5.89 Å². The van der Waals surface area contributed by atoms with Gasteiger partial charge < -0.3 is 14.8 Å². The molecule has 0 aliphatic rings. The fourth-order valence-electron chi connectivity index (χ4n) is 1.40. The molecule has 2 aromatic rings. The number of phenols is 1. The number of phenolic OH excluding ortho intramolecular Hbond substituents is 1. The molecule has 1 atom stereocenters. The first-order valence-corrected chi connectivity index (χ1v) is 5.13. The number of benzene rings is 1. The maximum Gasteiger partial charge on any atom is 0.226 e. The molecule has 84 valence electrons. The molecule has 0 bridgehead atoms. The standard InChI is InChI=1S/C12H14N2O2/c1-8(13-2)11-7-16-12(14-11)9-4-3-5-10(15)6-9/h3-8,13,15H,1-2H3. The number of hydrogen-bond donors (Lipinski definition) is 2. The predicted molar refractivity (Wildman–Crippen MR) is 61.1 cm³/mol. The zero-order valence-electron chi connectivity index (χ0n) is 9.27. The number of hydrogen-bond acceptors (Lipinski definition) is 4. The van der Waals surface area contributed by atoms with E-state index in [9.17, 15) is 5.11 Å². The van der Waals surface area contributed by atoms with Crippen molar-refractivity contribution in [1.82, 2.24) is 10.3 Å². The quantitative estimate of drug-likeness (QED) is 0.830. The molecular formula is C12H14N2O2. The highest BCUT2D eigenvalue weighted by atomic mass is 16.3. The van der Waals surface area contributed by atoms with Crippen molar-refractivity contribution in [1.29, 1.82) is 0 Å². The molecule has 0 radical (unpaired) electrons. The summed E-state index contributed by atoms with van der Waals surface area (Å²) in [7, 11) is 1.87. The van der Waals surface area contributed by atoms with Gasteiger partial charge in [-0.05, 0) is 32.2 Å². The van der Waals surface area contributed by atoms with Crippen molar-refractivity contribution in [3.05, 3.63) is 36.2 Å². The zero-order chi connectivity index (χ0) is 11.5. The number of aromatic hydroxyl groups is 1. The fourth-order valence-corrected chi connectivity index (χ4v) is 1.40. The van der Waals surface area contributed by atoms with Crippen molar-refractivity contribution in [3.8, 4) is 17.2 Å². The maximum absolute atomic E-state index is 9.35. The maximum atomic E-state index is 9.35. The first-order valence-electron chi connectivity index (χ1n) is 5.13. The first-order chi connectivity index (χ1) is 7.70. The van der Waals surface area contributed by atoms with Gasteiger partial charge in [-0.3, -0.25) is 0 Å². The summed E-state index contributed by atoms with van der Waals surface area (Å²) in [5.41, 5.74) is 1.62. The lowest BCUT2D eigenvalue weighted by Gasteiger charge is -2.03. The van der Waals surface area contributed by atoms with E-state index in [0.29, 0.717) is 5.89 Å². The number of aromatic nitrogens is 1. The van der Waals surface area contributed by atoms with Crippen molar-refractivity contribution >= 4 is 0 Å². The van der Waals surface area contributed by atoms with Crippen LogP contribution in [0.5, 0.6) is 5.75 Å². The largest absolute Gasteiger partial charge is 0.508 e. The van der Waals surface area contributed by atoms with Gasteiger partial charge >= 0.3 is 0 Å². The monoisotopic (exact) mass is 218 g/mol. The Kier molecular flexibility index (Phi) is 2.92. The highest BCUT2D eigenvalue weighted by Crippen LogP contribution is 2.24. The van der Waals surface area contributed by atoms with Crippen molar-refractivity contribution in [2.24, 2.45) is 0 Å². The Morgan fingerprint density at radius 2 is 2.25 bits per heavy atom. The molecule has 0 spiro atoms. The van der Waals surface area contributed by atoms with Gasteiger partial charge in [0.25, 0.3) is 0 Å². The molecule has 0 amide bonds. The molecular weight excluding hydrogens is 204 g/mol. The van der Waals surface area contributed by atoms with Crippen molar-refractivity contribution < 1.29 is 9.52 Å². The van der Waals surface area contributed by atoms with Gasteiger partial charge in [-0.15, -0.1) is 0 Å². The minimum Gasteiger partial charge on any atom is -0.508 e. The Labute approximate surface area is 93.9 Å². The van der Waals surface area contributed by atoms with Crippen LogP contribution in [0.2, 0.25) is 0 Å². The third kappa shape index (κ3) is 2.06. The van der Waals surface area contributed by atoms with E-state index in [2.05, 4.69) is 10.3 Å². The Morgan fingerprint density at radius 3 is 2.94 bits per heavy atom. The average Bonchev–Trinajstić information content (AvgIpc) is 2.77. The van der Waals surface area contributed by atoms with Gasteiger partial charge in [0, 0.05) is 11.6 Å². The van der Waals surface area contributed by atoms with E-state index < -0.39 is 0 Å². The number of nitrogens with zero attached hydrogens (tertiary/aromatic N) is 1. The van der Waals surface area contributed by atoms with Crippen LogP contribution < -0.4 is 5.32 Å². The molecule has 0 saturated heterocycles. The van der Waals surface area contributed by atoms with Crippen LogP contribution in [0.15, 0.2) is 34.9 Å². The van der Waals surface area contributed by atoms with Crippen LogP contribution >= 0.6 is 0 Å². The number of oxazole rings is 1. The van der Waals surface area contributed by atoms with Gasteiger partial charge in [0.05, 0.1) is 5.69 Å². The van der Waals surface area contributed by atoms with Crippen molar-refractivity contribution in [2.75, 3.05) is 7.05 Å². The number of nitrogens with one attached hydrogen (secondary N) is 1. The summed E-state index contributed by atoms with van der Waals surface area (Å²) in [5, 5.41) is 12.4. The zero-order valence-corrected chi connectivity index (χ0v) is 9.27.